The SMILES string of the molecule is COC(=O)[C@@H](N)C(=O)c1ccc(OCc2ccccc2)cc1. The van der Waals surface area contributed by atoms with Crippen LogP contribution in [0.15, 0.2) is 54.6 Å². The Labute approximate surface area is 128 Å². The Bertz CT molecular complexity index is 637. The van der Waals surface area contributed by atoms with Gasteiger partial charge in [-0.1, -0.05) is 30.3 Å². The molecule has 0 bridgehead atoms. The lowest BCUT2D eigenvalue weighted by atomic mass is 10.1. The quantitative estimate of drug-likeness (QED) is 0.501. The first-order valence-corrected chi connectivity index (χ1v) is 6.76. The molecule has 0 saturated heterocycles. The van der Waals surface area contributed by atoms with Crippen molar-refractivity contribution < 1.29 is 19.1 Å². The fourth-order valence-electron chi connectivity index (χ4n) is 1.87. The molecule has 0 heterocycles. The van der Waals surface area contributed by atoms with Crippen LogP contribution in [0.5, 0.6) is 5.75 Å². The van der Waals surface area contributed by atoms with Crippen LogP contribution in [-0.4, -0.2) is 24.9 Å². The Hall–Kier alpha value is -2.66. The Balaban J connectivity index is 1.98. The van der Waals surface area contributed by atoms with Gasteiger partial charge in [0.15, 0.2) is 11.8 Å². The van der Waals surface area contributed by atoms with E-state index in [0.29, 0.717) is 17.9 Å². The molecule has 0 aliphatic carbocycles. The van der Waals surface area contributed by atoms with Crippen molar-refractivity contribution in [3.05, 3.63) is 65.7 Å². The molecule has 22 heavy (non-hydrogen) atoms. The molecule has 0 aliphatic heterocycles. The monoisotopic (exact) mass is 299 g/mol. The van der Waals surface area contributed by atoms with E-state index in [0.717, 1.165) is 5.56 Å². The fourth-order valence-corrected chi connectivity index (χ4v) is 1.87. The van der Waals surface area contributed by atoms with Crippen molar-refractivity contribution in [3.8, 4) is 5.75 Å². The number of benzene rings is 2. The van der Waals surface area contributed by atoms with Crippen LogP contribution in [0.1, 0.15) is 15.9 Å². The van der Waals surface area contributed by atoms with E-state index in [4.69, 9.17) is 10.5 Å². The largest absolute Gasteiger partial charge is 0.489 e. The summed E-state index contributed by atoms with van der Waals surface area (Å²) in [4.78, 5) is 23.2. The fraction of sp³-hybridized carbons (Fsp3) is 0.176. The van der Waals surface area contributed by atoms with Gasteiger partial charge in [-0.25, -0.2) is 4.79 Å². The number of ketones is 1. The summed E-state index contributed by atoms with van der Waals surface area (Å²) in [6.45, 7) is 0.440. The minimum Gasteiger partial charge on any atom is -0.489 e. The zero-order valence-corrected chi connectivity index (χ0v) is 12.2. The number of Topliss-reactive ketones (excluding diaryl/α,β-unsaturated/α-hetero) is 1. The Morgan fingerprint density at radius 1 is 1.05 bits per heavy atom. The van der Waals surface area contributed by atoms with E-state index in [1.165, 1.54) is 7.11 Å². The van der Waals surface area contributed by atoms with Gasteiger partial charge in [-0.15, -0.1) is 0 Å². The van der Waals surface area contributed by atoms with Crippen LogP contribution in [-0.2, 0) is 16.1 Å². The van der Waals surface area contributed by atoms with Gasteiger partial charge >= 0.3 is 5.97 Å². The summed E-state index contributed by atoms with van der Waals surface area (Å²) < 4.78 is 10.1. The molecular weight excluding hydrogens is 282 g/mol. The number of rotatable bonds is 6. The number of carbonyl (C=O) groups is 2. The van der Waals surface area contributed by atoms with Crippen molar-refractivity contribution in [1.82, 2.24) is 0 Å². The Morgan fingerprint density at radius 2 is 1.68 bits per heavy atom. The van der Waals surface area contributed by atoms with Crippen molar-refractivity contribution in [1.29, 1.82) is 0 Å². The van der Waals surface area contributed by atoms with Crippen molar-refractivity contribution in [3.63, 3.8) is 0 Å². The van der Waals surface area contributed by atoms with Gasteiger partial charge in [-0.2, -0.15) is 0 Å². The third kappa shape index (κ3) is 3.93. The molecule has 0 aliphatic rings. The molecule has 0 spiro atoms. The van der Waals surface area contributed by atoms with E-state index in [2.05, 4.69) is 4.74 Å². The molecule has 0 saturated carbocycles. The zero-order chi connectivity index (χ0) is 15.9. The molecule has 0 radical (unpaired) electrons. The van der Waals surface area contributed by atoms with Crippen LogP contribution in [0.2, 0.25) is 0 Å². The number of ether oxygens (including phenoxy) is 2. The van der Waals surface area contributed by atoms with Gasteiger partial charge in [-0.05, 0) is 29.8 Å². The molecule has 5 heteroatoms. The zero-order valence-electron chi connectivity index (χ0n) is 12.2. The highest BCUT2D eigenvalue weighted by Gasteiger charge is 2.23. The Morgan fingerprint density at radius 3 is 2.27 bits per heavy atom. The van der Waals surface area contributed by atoms with Gasteiger partial charge in [0, 0.05) is 5.56 Å². The second-order valence-electron chi connectivity index (χ2n) is 4.66. The van der Waals surface area contributed by atoms with Crippen molar-refractivity contribution in [2.24, 2.45) is 5.73 Å². The van der Waals surface area contributed by atoms with E-state index in [1.807, 2.05) is 30.3 Å². The van der Waals surface area contributed by atoms with Crippen LogP contribution in [0.4, 0.5) is 0 Å². The predicted octanol–water partition coefficient (Wildman–Crippen LogP) is 1.95. The highest BCUT2D eigenvalue weighted by atomic mass is 16.5. The van der Waals surface area contributed by atoms with Crippen molar-refractivity contribution in [2.75, 3.05) is 7.11 Å². The highest BCUT2D eigenvalue weighted by molar-refractivity contribution is 6.11. The number of hydrogen-bond acceptors (Lipinski definition) is 5. The first-order chi connectivity index (χ1) is 10.6. The maximum absolute atomic E-state index is 12.0. The van der Waals surface area contributed by atoms with Gasteiger partial charge in [0.1, 0.15) is 12.4 Å². The van der Waals surface area contributed by atoms with Gasteiger partial charge in [-0.3, -0.25) is 4.79 Å². The maximum atomic E-state index is 12.0. The number of hydrogen-bond donors (Lipinski definition) is 1. The average Bonchev–Trinajstić information content (AvgIpc) is 2.59. The lowest BCUT2D eigenvalue weighted by Gasteiger charge is -2.09. The van der Waals surface area contributed by atoms with Crippen molar-refractivity contribution >= 4 is 11.8 Å². The first-order valence-electron chi connectivity index (χ1n) is 6.76. The van der Waals surface area contributed by atoms with E-state index in [9.17, 15) is 9.59 Å². The minimum absolute atomic E-state index is 0.338. The molecule has 0 unspecified atom stereocenters. The van der Waals surface area contributed by atoms with Crippen molar-refractivity contribution in [2.45, 2.75) is 12.6 Å². The van der Waals surface area contributed by atoms with Gasteiger partial charge < -0.3 is 15.2 Å². The summed E-state index contributed by atoms with van der Waals surface area (Å²) in [5.74, 6) is -0.608. The molecular formula is C17H17NO4. The number of nitrogens with two attached hydrogens (primary N) is 1. The summed E-state index contributed by atoms with van der Waals surface area (Å²) in [5, 5.41) is 0. The van der Waals surface area contributed by atoms with E-state index in [1.54, 1.807) is 24.3 Å². The van der Waals surface area contributed by atoms with Crippen LogP contribution in [0.3, 0.4) is 0 Å². The summed E-state index contributed by atoms with van der Waals surface area (Å²) in [6.07, 6.45) is 0. The second kappa shape index (κ2) is 7.38. The molecule has 2 aromatic carbocycles. The average molecular weight is 299 g/mol. The lowest BCUT2D eigenvalue weighted by Crippen LogP contribution is -2.39. The van der Waals surface area contributed by atoms with E-state index in [-0.39, 0.29) is 0 Å². The molecule has 2 rings (SSSR count). The molecule has 0 amide bonds. The topological polar surface area (TPSA) is 78.6 Å². The highest BCUT2D eigenvalue weighted by Crippen LogP contribution is 2.15. The van der Waals surface area contributed by atoms with Crippen LogP contribution >= 0.6 is 0 Å². The number of carbonyl (C=O) groups excluding carboxylic acids is 2. The normalized spacial score (nSPS) is 11.5. The predicted molar refractivity (Wildman–Crippen MR) is 81.5 cm³/mol. The van der Waals surface area contributed by atoms with Gasteiger partial charge in [0.2, 0.25) is 0 Å². The molecule has 114 valence electrons. The Kier molecular flexibility index (Phi) is 5.27. The minimum atomic E-state index is -1.30. The van der Waals surface area contributed by atoms with E-state index < -0.39 is 17.8 Å². The molecule has 0 aromatic heterocycles. The van der Waals surface area contributed by atoms with Gasteiger partial charge in [0.05, 0.1) is 7.11 Å². The summed E-state index contributed by atoms with van der Waals surface area (Å²) in [5.41, 5.74) is 6.91. The van der Waals surface area contributed by atoms with Crippen LogP contribution in [0.25, 0.3) is 0 Å². The van der Waals surface area contributed by atoms with E-state index >= 15 is 0 Å². The third-order valence-corrected chi connectivity index (χ3v) is 3.12. The summed E-state index contributed by atoms with van der Waals surface area (Å²) in [7, 11) is 1.19. The third-order valence-electron chi connectivity index (χ3n) is 3.12. The lowest BCUT2D eigenvalue weighted by molar-refractivity contribution is -0.140. The number of esters is 1. The number of methoxy groups -OCH3 is 1. The molecule has 0 fully saturated rings. The van der Waals surface area contributed by atoms with Crippen LogP contribution < -0.4 is 10.5 Å². The van der Waals surface area contributed by atoms with Gasteiger partial charge in [0.25, 0.3) is 0 Å². The summed E-state index contributed by atoms with van der Waals surface area (Å²) >= 11 is 0. The molecule has 5 nitrogen and oxygen atoms in total. The second-order valence-corrected chi connectivity index (χ2v) is 4.66. The van der Waals surface area contributed by atoms with Crippen LogP contribution in [0, 0.1) is 0 Å². The molecule has 1 atom stereocenters. The molecule has 2 N–H and O–H groups in total. The molecule has 2 aromatic rings. The smallest absolute Gasteiger partial charge is 0.330 e. The first kappa shape index (κ1) is 15.7. The maximum Gasteiger partial charge on any atom is 0.330 e. The standard InChI is InChI=1S/C17H17NO4/c1-21-17(20)15(18)16(19)13-7-9-14(10-8-13)22-11-12-5-3-2-4-6-12/h2-10,15H,11,18H2,1H3/t15-/m0/s1. The summed E-state index contributed by atoms with van der Waals surface area (Å²) in [6, 6.07) is 14.9.